The number of ether oxygens (including phenoxy) is 5. The standard InChI is InChI=1S/C24H31NO6/c1-27-18-8-9-19(21(12-18)29-3)24(26)16-7-6-10-25(14-16)15-17-11-22(30-4)23(31-5)13-20(17)28-2/h8-9,11-13,16H,6-7,10,14-15H2,1-5H3/t16-/m1/s1. The van der Waals surface area contributed by atoms with Crippen LogP contribution >= 0.6 is 0 Å². The van der Waals surface area contributed by atoms with Gasteiger partial charge < -0.3 is 23.7 Å². The predicted octanol–water partition coefficient (Wildman–Crippen LogP) is 3.82. The van der Waals surface area contributed by atoms with E-state index in [2.05, 4.69) is 4.90 Å². The Morgan fingerprint density at radius 3 is 2.19 bits per heavy atom. The molecule has 168 valence electrons. The molecule has 1 saturated heterocycles. The van der Waals surface area contributed by atoms with E-state index < -0.39 is 0 Å². The van der Waals surface area contributed by atoms with Crippen molar-refractivity contribution in [1.29, 1.82) is 0 Å². The maximum absolute atomic E-state index is 13.3. The maximum Gasteiger partial charge on any atom is 0.170 e. The summed E-state index contributed by atoms with van der Waals surface area (Å²) in [6, 6.07) is 9.11. The summed E-state index contributed by atoms with van der Waals surface area (Å²) in [6.07, 6.45) is 1.80. The van der Waals surface area contributed by atoms with Crippen LogP contribution < -0.4 is 23.7 Å². The Morgan fingerprint density at radius 2 is 1.55 bits per heavy atom. The molecule has 0 bridgehead atoms. The molecule has 0 radical (unpaired) electrons. The third-order valence-corrected chi connectivity index (χ3v) is 5.73. The molecule has 1 atom stereocenters. The van der Waals surface area contributed by atoms with Gasteiger partial charge in [0.15, 0.2) is 17.3 Å². The molecule has 31 heavy (non-hydrogen) atoms. The Bertz CT molecular complexity index is 913. The number of ketones is 1. The smallest absolute Gasteiger partial charge is 0.170 e. The Morgan fingerprint density at radius 1 is 0.871 bits per heavy atom. The van der Waals surface area contributed by atoms with Crippen LogP contribution in [0.15, 0.2) is 30.3 Å². The fourth-order valence-corrected chi connectivity index (χ4v) is 4.09. The molecule has 1 aliphatic rings. The van der Waals surface area contributed by atoms with E-state index >= 15 is 0 Å². The summed E-state index contributed by atoms with van der Waals surface area (Å²) >= 11 is 0. The summed E-state index contributed by atoms with van der Waals surface area (Å²) in [5.41, 5.74) is 1.59. The summed E-state index contributed by atoms with van der Waals surface area (Å²) in [5, 5.41) is 0. The fraction of sp³-hybridized carbons (Fsp3) is 0.458. The molecule has 7 heteroatoms. The Kier molecular flexibility index (Phi) is 7.63. The molecule has 0 amide bonds. The number of hydrogen-bond donors (Lipinski definition) is 0. The first-order chi connectivity index (χ1) is 15.0. The van der Waals surface area contributed by atoms with Crippen LogP contribution in [0.5, 0.6) is 28.7 Å². The van der Waals surface area contributed by atoms with Crippen molar-refractivity contribution in [2.75, 3.05) is 48.6 Å². The number of benzene rings is 2. The van der Waals surface area contributed by atoms with Crippen LogP contribution in [0.1, 0.15) is 28.8 Å². The van der Waals surface area contributed by atoms with E-state index in [-0.39, 0.29) is 11.7 Å². The number of likely N-dealkylation sites (tertiary alicyclic amines) is 1. The molecule has 0 aromatic heterocycles. The molecule has 3 rings (SSSR count). The second-order valence-electron chi connectivity index (χ2n) is 7.52. The van der Waals surface area contributed by atoms with E-state index in [1.807, 2.05) is 12.1 Å². The zero-order valence-corrected chi connectivity index (χ0v) is 18.9. The first-order valence-corrected chi connectivity index (χ1v) is 10.3. The summed E-state index contributed by atoms with van der Waals surface area (Å²) < 4.78 is 27.1. The summed E-state index contributed by atoms with van der Waals surface area (Å²) in [6.45, 7) is 2.25. The van der Waals surface area contributed by atoms with Gasteiger partial charge in [0, 0.05) is 36.7 Å². The van der Waals surface area contributed by atoms with Crippen molar-refractivity contribution in [1.82, 2.24) is 4.90 Å². The van der Waals surface area contributed by atoms with E-state index in [0.717, 1.165) is 30.7 Å². The lowest BCUT2D eigenvalue weighted by molar-refractivity contribution is 0.0807. The topological polar surface area (TPSA) is 66.5 Å². The highest BCUT2D eigenvalue weighted by Gasteiger charge is 2.29. The van der Waals surface area contributed by atoms with Crippen molar-refractivity contribution >= 4 is 5.78 Å². The number of nitrogens with zero attached hydrogens (tertiary/aromatic N) is 1. The van der Waals surface area contributed by atoms with Gasteiger partial charge in [-0.3, -0.25) is 9.69 Å². The van der Waals surface area contributed by atoms with Crippen LogP contribution in [0, 0.1) is 5.92 Å². The minimum atomic E-state index is -0.0952. The van der Waals surface area contributed by atoms with Crippen molar-refractivity contribution in [3.8, 4) is 28.7 Å². The van der Waals surface area contributed by atoms with E-state index in [0.29, 0.717) is 41.7 Å². The maximum atomic E-state index is 13.3. The van der Waals surface area contributed by atoms with Gasteiger partial charge in [-0.05, 0) is 37.6 Å². The number of carbonyl (C=O) groups is 1. The van der Waals surface area contributed by atoms with Gasteiger partial charge in [-0.1, -0.05) is 0 Å². The van der Waals surface area contributed by atoms with Crippen LogP contribution in [0.2, 0.25) is 0 Å². The second kappa shape index (κ2) is 10.4. The minimum absolute atomic E-state index is 0.0952. The minimum Gasteiger partial charge on any atom is -0.497 e. The van der Waals surface area contributed by atoms with Crippen LogP contribution in [0.25, 0.3) is 0 Å². The zero-order valence-electron chi connectivity index (χ0n) is 18.9. The highest BCUT2D eigenvalue weighted by Crippen LogP contribution is 2.36. The molecule has 0 N–H and O–H groups in total. The number of hydrogen-bond acceptors (Lipinski definition) is 7. The molecule has 2 aromatic carbocycles. The monoisotopic (exact) mass is 429 g/mol. The van der Waals surface area contributed by atoms with Crippen molar-refractivity contribution in [2.24, 2.45) is 5.92 Å². The molecule has 0 spiro atoms. The average molecular weight is 430 g/mol. The van der Waals surface area contributed by atoms with E-state index in [9.17, 15) is 4.79 Å². The van der Waals surface area contributed by atoms with Gasteiger partial charge in [0.2, 0.25) is 0 Å². The Labute approximate surface area is 183 Å². The summed E-state index contributed by atoms with van der Waals surface area (Å²) in [5.74, 6) is 3.24. The molecule has 1 aliphatic heterocycles. The average Bonchev–Trinajstić information content (AvgIpc) is 2.82. The Balaban J connectivity index is 1.78. The fourth-order valence-electron chi connectivity index (χ4n) is 4.09. The van der Waals surface area contributed by atoms with Crippen LogP contribution in [0.3, 0.4) is 0 Å². The van der Waals surface area contributed by atoms with Crippen LogP contribution in [0.4, 0.5) is 0 Å². The molecule has 1 heterocycles. The molecule has 2 aromatic rings. The lowest BCUT2D eigenvalue weighted by Gasteiger charge is -2.32. The molecule has 0 saturated carbocycles. The predicted molar refractivity (Wildman–Crippen MR) is 118 cm³/mol. The zero-order chi connectivity index (χ0) is 22.4. The second-order valence-corrected chi connectivity index (χ2v) is 7.52. The van der Waals surface area contributed by atoms with Gasteiger partial charge in [0.05, 0.1) is 41.1 Å². The number of Topliss-reactive ketones (excluding diaryl/α,β-unsaturated/α-hetero) is 1. The summed E-state index contributed by atoms with van der Waals surface area (Å²) in [7, 11) is 8.03. The lowest BCUT2D eigenvalue weighted by Crippen LogP contribution is -2.38. The first-order valence-electron chi connectivity index (χ1n) is 10.3. The molecular weight excluding hydrogens is 398 g/mol. The molecule has 0 aliphatic carbocycles. The molecular formula is C24H31NO6. The van der Waals surface area contributed by atoms with Crippen molar-refractivity contribution in [3.63, 3.8) is 0 Å². The van der Waals surface area contributed by atoms with Crippen LogP contribution in [-0.2, 0) is 6.54 Å². The lowest BCUT2D eigenvalue weighted by atomic mass is 9.89. The van der Waals surface area contributed by atoms with Gasteiger partial charge >= 0.3 is 0 Å². The molecule has 7 nitrogen and oxygen atoms in total. The Hall–Kier alpha value is -2.93. The third-order valence-electron chi connectivity index (χ3n) is 5.73. The molecule has 1 fully saturated rings. The van der Waals surface area contributed by atoms with Crippen molar-refractivity contribution in [3.05, 3.63) is 41.5 Å². The number of carbonyl (C=O) groups excluding carboxylic acids is 1. The number of methoxy groups -OCH3 is 5. The summed E-state index contributed by atoms with van der Waals surface area (Å²) in [4.78, 5) is 15.6. The van der Waals surface area contributed by atoms with Gasteiger partial charge in [-0.25, -0.2) is 0 Å². The van der Waals surface area contributed by atoms with Gasteiger partial charge in [-0.15, -0.1) is 0 Å². The van der Waals surface area contributed by atoms with Crippen LogP contribution in [-0.4, -0.2) is 59.3 Å². The van der Waals surface area contributed by atoms with Crippen molar-refractivity contribution in [2.45, 2.75) is 19.4 Å². The first kappa shape index (κ1) is 22.7. The van der Waals surface area contributed by atoms with E-state index in [1.165, 1.54) is 0 Å². The molecule has 0 unspecified atom stereocenters. The van der Waals surface area contributed by atoms with Gasteiger partial charge in [0.1, 0.15) is 17.2 Å². The van der Waals surface area contributed by atoms with Crippen molar-refractivity contribution < 1.29 is 28.5 Å². The third kappa shape index (κ3) is 5.05. The van der Waals surface area contributed by atoms with E-state index in [4.69, 9.17) is 23.7 Å². The number of piperidine rings is 1. The number of rotatable bonds is 9. The highest BCUT2D eigenvalue weighted by atomic mass is 16.5. The highest BCUT2D eigenvalue weighted by molar-refractivity contribution is 6.00. The SMILES string of the molecule is COc1ccc(C(=O)[C@@H]2CCCN(Cc3cc(OC)c(OC)cc3OC)C2)c(OC)c1. The van der Waals surface area contributed by atoms with Gasteiger partial charge in [-0.2, -0.15) is 0 Å². The quantitative estimate of drug-likeness (QED) is 0.561. The van der Waals surface area contributed by atoms with E-state index in [1.54, 1.807) is 53.7 Å². The largest absolute Gasteiger partial charge is 0.497 e. The normalized spacial score (nSPS) is 16.5. The van der Waals surface area contributed by atoms with Gasteiger partial charge in [0.25, 0.3) is 0 Å².